The van der Waals surface area contributed by atoms with E-state index in [1.165, 1.54) is 5.56 Å². The third kappa shape index (κ3) is 3.59. The highest BCUT2D eigenvalue weighted by Crippen LogP contribution is 2.57. The van der Waals surface area contributed by atoms with Gasteiger partial charge in [0.25, 0.3) is 0 Å². The van der Waals surface area contributed by atoms with Crippen LogP contribution in [0.5, 0.6) is 0 Å². The SMILES string of the molecule is CCc1ccc(NC(=O)N2CCC3(CC2)CN(C(=O)N(C)C)C[C@@]32CCN(C)C2=O)cc1. The molecule has 1 N–H and O–H groups in total. The van der Waals surface area contributed by atoms with Gasteiger partial charge < -0.3 is 24.9 Å². The normalized spacial score (nSPS) is 24.5. The molecule has 0 aromatic heterocycles. The first-order valence-electron chi connectivity index (χ1n) is 11.6. The van der Waals surface area contributed by atoms with Gasteiger partial charge in [0.1, 0.15) is 0 Å². The van der Waals surface area contributed by atoms with Crippen molar-refractivity contribution in [2.75, 3.05) is 59.2 Å². The van der Waals surface area contributed by atoms with Crippen molar-refractivity contribution >= 4 is 23.7 Å². The summed E-state index contributed by atoms with van der Waals surface area (Å²) in [7, 11) is 5.36. The molecule has 3 aliphatic rings. The minimum absolute atomic E-state index is 0.0423. The second-order valence-corrected chi connectivity index (χ2v) is 9.84. The van der Waals surface area contributed by atoms with Gasteiger partial charge in [-0.25, -0.2) is 9.59 Å². The van der Waals surface area contributed by atoms with Gasteiger partial charge in [0.15, 0.2) is 0 Å². The summed E-state index contributed by atoms with van der Waals surface area (Å²) in [5, 5.41) is 3.00. The highest BCUT2D eigenvalue weighted by Gasteiger charge is 2.65. The predicted octanol–water partition coefficient (Wildman–Crippen LogP) is 2.71. The van der Waals surface area contributed by atoms with Crippen LogP contribution in [0, 0.1) is 10.8 Å². The summed E-state index contributed by atoms with van der Waals surface area (Å²) in [6.07, 6.45) is 3.19. The van der Waals surface area contributed by atoms with Crippen LogP contribution < -0.4 is 5.32 Å². The molecular weight excluding hydrogens is 406 g/mol. The summed E-state index contributed by atoms with van der Waals surface area (Å²) in [6.45, 7) is 5.06. The molecule has 0 radical (unpaired) electrons. The average Bonchev–Trinajstić information content (AvgIpc) is 3.26. The topological polar surface area (TPSA) is 76.2 Å². The zero-order valence-corrected chi connectivity index (χ0v) is 19.7. The van der Waals surface area contributed by atoms with Gasteiger partial charge >= 0.3 is 12.1 Å². The van der Waals surface area contributed by atoms with E-state index < -0.39 is 5.41 Å². The molecule has 1 aromatic rings. The molecule has 0 aliphatic carbocycles. The van der Waals surface area contributed by atoms with Gasteiger partial charge in [0, 0.05) is 65.0 Å². The highest BCUT2D eigenvalue weighted by atomic mass is 16.2. The zero-order chi connectivity index (χ0) is 23.1. The Kier molecular flexibility index (Phi) is 5.81. The summed E-state index contributed by atoms with van der Waals surface area (Å²) in [6, 6.07) is 7.78. The lowest BCUT2D eigenvalue weighted by atomic mass is 9.60. The largest absolute Gasteiger partial charge is 0.345 e. The Labute approximate surface area is 190 Å². The Hall–Kier alpha value is -2.77. The number of nitrogens with one attached hydrogen (secondary N) is 1. The summed E-state index contributed by atoms with van der Waals surface area (Å²) in [5.41, 5.74) is 1.21. The number of carbonyl (C=O) groups excluding carboxylic acids is 3. The highest BCUT2D eigenvalue weighted by molar-refractivity contribution is 5.90. The third-order valence-corrected chi connectivity index (χ3v) is 7.87. The first kappa shape index (κ1) is 22.4. The van der Waals surface area contributed by atoms with Crippen molar-refractivity contribution < 1.29 is 14.4 Å². The molecule has 32 heavy (non-hydrogen) atoms. The number of fused-ring (bicyclic) bond motifs is 1. The molecule has 5 amide bonds. The fourth-order valence-electron chi connectivity index (χ4n) is 5.86. The molecule has 2 spiro atoms. The quantitative estimate of drug-likeness (QED) is 0.767. The molecule has 4 rings (SSSR count). The molecule has 8 nitrogen and oxygen atoms in total. The van der Waals surface area contributed by atoms with Crippen LogP contribution in [0.25, 0.3) is 0 Å². The maximum Gasteiger partial charge on any atom is 0.321 e. The van der Waals surface area contributed by atoms with Gasteiger partial charge in [-0.2, -0.15) is 0 Å². The molecule has 3 heterocycles. The molecule has 0 unspecified atom stereocenters. The van der Waals surface area contributed by atoms with E-state index in [0.717, 1.165) is 37.9 Å². The lowest BCUT2D eigenvalue weighted by molar-refractivity contribution is -0.140. The first-order chi connectivity index (χ1) is 15.2. The first-order valence-corrected chi connectivity index (χ1v) is 11.6. The lowest BCUT2D eigenvalue weighted by Gasteiger charge is -2.46. The molecule has 3 fully saturated rings. The van der Waals surface area contributed by atoms with E-state index in [4.69, 9.17) is 0 Å². The molecule has 8 heteroatoms. The number of aryl methyl sites for hydroxylation is 1. The van der Waals surface area contributed by atoms with E-state index in [1.807, 2.05) is 46.0 Å². The van der Waals surface area contributed by atoms with E-state index >= 15 is 0 Å². The van der Waals surface area contributed by atoms with Crippen molar-refractivity contribution in [3.63, 3.8) is 0 Å². The fourth-order valence-corrected chi connectivity index (χ4v) is 5.86. The van der Waals surface area contributed by atoms with Gasteiger partial charge in [-0.1, -0.05) is 19.1 Å². The molecule has 0 bridgehead atoms. The number of carbonyl (C=O) groups is 3. The number of likely N-dealkylation sites (tertiary alicyclic amines) is 3. The smallest absolute Gasteiger partial charge is 0.321 e. The van der Waals surface area contributed by atoms with Crippen LogP contribution in [0.3, 0.4) is 0 Å². The number of urea groups is 2. The monoisotopic (exact) mass is 441 g/mol. The van der Waals surface area contributed by atoms with Crippen molar-refractivity contribution in [2.45, 2.75) is 32.6 Å². The molecular formula is C24H35N5O3. The minimum atomic E-state index is -0.536. The van der Waals surface area contributed by atoms with E-state index in [-0.39, 0.29) is 23.4 Å². The van der Waals surface area contributed by atoms with Crippen molar-refractivity contribution in [3.05, 3.63) is 29.8 Å². The van der Waals surface area contributed by atoms with Crippen LogP contribution in [-0.2, 0) is 11.2 Å². The zero-order valence-electron chi connectivity index (χ0n) is 19.7. The number of piperidine rings is 1. The molecule has 174 valence electrons. The average molecular weight is 442 g/mol. The van der Waals surface area contributed by atoms with Crippen LogP contribution >= 0.6 is 0 Å². The number of amides is 5. The number of rotatable bonds is 2. The minimum Gasteiger partial charge on any atom is -0.345 e. The van der Waals surface area contributed by atoms with Gasteiger partial charge in [0.05, 0.1) is 5.41 Å². The Morgan fingerprint density at radius 2 is 1.66 bits per heavy atom. The van der Waals surface area contributed by atoms with Gasteiger partial charge in [-0.3, -0.25) is 4.79 Å². The fraction of sp³-hybridized carbons (Fsp3) is 0.625. The number of hydrogen-bond donors (Lipinski definition) is 1. The van der Waals surface area contributed by atoms with Crippen molar-refractivity contribution in [2.24, 2.45) is 10.8 Å². The molecule has 3 aliphatic heterocycles. The lowest BCUT2D eigenvalue weighted by Crippen LogP contribution is -2.54. The van der Waals surface area contributed by atoms with Gasteiger partial charge in [0.2, 0.25) is 5.91 Å². The predicted molar refractivity (Wildman–Crippen MR) is 123 cm³/mol. The maximum absolute atomic E-state index is 13.3. The van der Waals surface area contributed by atoms with E-state index in [1.54, 1.807) is 19.0 Å². The maximum atomic E-state index is 13.3. The number of benzene rings is 1. The molecule has 0 saturated carbocycles. The van der Waals surface area contributed by atoms with E-state index in [9.17, 15) is 14.4 Å². The van der Waals surface area contributed by atoms with Gasteiger partial charge in [-0.05, 0) is 43.4 Å². The number of nitrogens with zero attached hydrogens (tertiary/aromatic N) is 4. The summed E-state index contributed by atoms with van der Waals surface area (Å²) in [4.78, 5) is 46.1. The van der Waals surface area contributed by atoms with Crippen LogP contribution in [0.1, 0.15) is 31.7 Å². The molecule has 3 saturated heterocycles. The molecule has 1 aromatic carbocycles. The summed E-state index contributed by atoms with van der Waals surface area (Å²) < 4.78 is 0. The van der Waals surface area contributed by atoms with Crippen LogP contribution in [0.2, 0.25) is 0 Å². The Balaban J connectivity index is 1.48. The third-order valence-electron chi connectivity index (χ3n) is 7.87. The second-order valence-electron chi connectivity index (χ2n) is 9.84. The van der Waals surface area contributed by atoms with E-state index in [2.05, 4.69) is 12.2 Å². The van der Waals surface area contributed by atoms with Crippen molar-refractivity contribution in [1.29, 1.82) is 0 Å². The van der Waals surface area contributed by atoms with Crippen molar-refractivity contribution in [3.8, 4) is 0 Å². The van der Waals surface area contributed by atoms with Crippen LogP contribution in [-0.4, -0.2) is 91.4 Å². The summed E-state index contributed by atoms with van der Waals surface area (Å²) in [5.74, 6) is 0.153. The van der Waals surface area contributed by atoms with Crippen LogP contribution in [0.15, 0.2) is 24.3 Å². The second kappa shape index (κ2) is 8.30. The molecule has 1 atom stereocenters. The Morgan fingerprint density at radius 1 is 1.00 bits per heavy atom. The van der Waals surface area contributed by atoms with Gasteiger partial charge in [-0.15, -0.1) is 0 Å². The standard InChI is InChI=1S/C24H35N5O3/c1-5-18-6-8-19(9-7-18)25-21(31)28-14-10-23(11-15-28)16-29(22(32)26(2)3)17-24(23)12-13-27(4)20(24)30/h6-9H,5,10-17H2,1-4H3,(H,25,31)/t24-/m1/s1. The summed E-state index contributed by atoms with van der Waals surface area (Å²) >= 11 is 0. The number of hydrogen-bond acceptors (Lipinski definition) is 3. The Morgan fingerprint density at radius 3 is 2.19 bits per heavy atom. The number of anilines is 1. The van der Waals surface area contributed by atoms with Crippen molar-refractivity contribution in [1.82, 2.24) is 19.6 Å². The Bertz CT molecular complexity index is 891. The van der Waals surface area contributed by atoms with Crippen LogP contribution in [0.4, 0.5) is 15.3 Å². The van der Waals surface area contributed by atoms with E-state index in [0.29, 0.717) is 26.2 Å².